The number of oxime groups is 1. The Hall–Kier alpha value is -1.91. The average molecular weight is 316 g/mol. The van der Waals surface area contributed by atoms with E-state index in [2.05, 4.69) is 5.16 Å². The van der Waals surface area contributed by atoms with Gasteiger partial charge in [-0.25, -0.2) is 4.39 Å². The normalized spacial score (nSPS) is 23.6. The zero-order valence-corrected chi connectivity index (χ0v) is 13.2. The van der Waals surface area contributed by atoms with E-state index in [0.29, 0.717) is 35.6 Å². The van der Waals surface area contributed by atoms with Gasteiger partial charge in [0.1, 0.15) is 5.82 Å². The summed E-state index contributed by atoms with van der Waals surface area (Å²) in [5.41, 5.74) is 1.33. The van der Waals surface area contributed by atoms with Crippen molar-refractivity contribution in [2.24, 2.45) is 17.0 Å². The fraction of sp³-hybridized carbons (Fsp3) is 0.556. The predicted octanol–water partition coefficient (Wildman–Crippen LogP) is 2.97. The first-order chi connectivity index (χ1) is 11.1. The van der Waals surface area contributed by atoms with Crippen molar-refractivity contribution in [3.05, 3.63) is 35.6 Å². The van der Waals surface area contributed by atoms with Gasteiger partial charge in [-0.15, -0.1) is 0 Å². The molecule has 0 saturated heterocycles. The second kappa shape index (κ2) is 5.62. The fourth-order valence-corrected chi connectivity index (χ4v) is 3.62. The molecule has 1 aliphatic heterocycles. The molecule has 0 bridgehead atoms. The fourth-order valence-electron chi connectivity index (χ4n) is 3.62. The molecule has 122 valence electrons. The molecule has 0 spiro atoms. The van der Waals surface area contributed by atoms with Gasteiger partial charge in [-0.3, -0.25) is 4.79 Å². The van der Waals surface area contributed by atoms with E-state index < -0.39 is 6.10 Å². The first-order valence-corrected chi connectivity index (χ1v) is 8.39. The van der Waals surface area contributed by atoms with Crippen LogP contribution in [0.4, 0.5) is 4.39 Å². The third kappa shape index (κ3) is 2.96. The Morgan fingerprint density at radius 2 is 2.00 bits per heavy atom. The van der Waals surface area contributed by atoms with Crippen LogP contribution in [0.15, 0.2) is 29.4 Å². The van der Waals surface area contributed by atoms with Crippen LogP contribution in [0.2, 0.25) is 0 Å². The minimum atomic E-state index is -0.571. The highest BCUT2D eigenvalue weighted by atomic mass is 19.1. The Labute approximate surface area is 135 Å². The van der Waals surface area contributed by atoms with Crippen molar-refractivity contribution in [3.8, 4) is 0 Å². The summed E-state index contributed by atoms with van der Waals surface area (Å²) in [5.74, 6) is 1.03. The number of amides is 1. The summed E-state index contributed by atoms with van der Waals surface area (Å²) in [6.07, 6.45) is 4.77. The Morgan fingerprint density at radius 3 is 2.61 bits per heavy atom. The van der Waals surface area contributed by atoms with Crippen LogP contribution in [0.25, 0.3) is 0 Å². The van der Waals surface area contributed by atoms with E-state index in [0.717, 1.165) is 0 Å². The average Bonchev–Trinajstić information content (AvgIpc) is 3.48. The molecule has 1 aromatic carbocycles. The topological polar surface area (TPSA) is 41.9 Å². The number of benzene rings is 1. The largest absolute Gasteiger partial charge is 0.382 e. The Kier molecular flexibility index (Phi) is 3.58. The number of nitrogens with zero attached hydrogens (tertiary/aromatic N) is 2. The zero-order chi connectivity index (χ0) is 16.0. The van der Waals surface area contributed by atoms with Crippen LogP contribution in [-0.2, 0) is 9.63 Å². The van der Waals surface area contributed by atoms with E-state index in [1.807, 2.05) is 11.9 Å². The molecule has 5 heteroatoms. The summed E-state index contributed by atoms with van der Waals surface area (Å²) in [5, 5.41) is 4.01. The van der Waals surface area contributed by atoms with Crippen molar-refractivity contribution >= 4 is 11.6 Å². The van der Waals surface area contributed by atoms with Gasteiger partial charge in [0, 0.05) is 25.1 Å². The van der Waals surface area contributed by atoms with E-state index >= 15 is 0 Å². The molecule has 2 saturated carbocycles. The number of rotatable bonds is 5. The molecule has 4 rings (SSSR count). The first-order valence-electron chi connectivity index (χ1n) is 8.39. The van der Waals surface area contributed by atoms with Crippen molar-refractivity contribution < 1.29 is 14.0 Å². The number of hydrogen-bond donors (Lipinski definition) is 0. The van der Waals surface area contributed by atoms with Crippen molar-refractivity contribution in [1.82, 2.24) is 4.90 Å². The predicted molar refractivity (Wildman–Crippen MR) is 84.4 cm³/mol. The van der Waals surface area contributed by atoms with Gasteiger partial charge in [-0.1, -0.05) is 17.3 Å². The molecule has 0 aromatic heterocycles. The van der Waals surface area contributed by atoms with Gasteiger partial charge in [0.25, 0.3) is 5.91 Å². The highest BCUT2D eigenvalue weighted by Gasteiger charge is 2.46. The van der Waals surface area contributed by atoms with Gasteiger partial charge in [-0.05, 0) is 49.7 Å². The van der Waals surface area contributed by atoms with Crippen LogP contribution < -0.4 is 0 Å². The van der Waals surface area contributed by atoms with E-state index in [1.54, 1.807) is 12.1 Å². The van der Waals surface area contributed by atoms with Gasteiger partial charge >= 0.3 is 0 Å². The zero-order valence-electron chi connectivity index (χ0n) is 13.2. The van der Waals surface area contributed by atoms with Crippen LogP contribution >= 0.6 is 0 Å². The summed E-state index contributed by atoms with van der Waals surface area (Å²) in [6.45, 7) is 0. The van der Waals surface area contributed by atoms with Gasteiger partial charge in [0.2, 0.25) is 6.10 Å². The maximum atomic E-state index is 13.3. The SMILES string of the molecule is CN(C(=O)C1CC(c2cccc(F)c2)=NO1)C(C1CC1)C1CC1. The Morgan fingerprint density at radius 1 is 1.30 bits per heavy atom. The molecule has 0 radical (unpaired) electrons. The smallest absolute Gasteiger partial charge is 0.266 e. The van der Waals surface area contributed by atoms with Crippen molar-refractivity contribution in [2.75, 3.05) is 7.05 Å². The maximum Gasteiger partial charge on any atom is 0.266 e. The van der Waals surface area contributed by atoms with Crippen LogP contribution in [0, 0.1) is 17.7 Å². The Balaban J connectivity index is 1.42. The number of likely N-dealkylation sites (N-methyl/N-ethyl adjacent to an activating group) is 1. The molecule has 1 aromatic rings. The van der Waals surface area contributed by atoms with Crippen molar-refractivity contribution in [2.45, 2.75) is 44.2 Å². The quantitative estimate of drug-likeness (QED) is 0.838. The third-order valence-corrected chi connectivity index (χ3v) is 5.11. The number of carbonyl (C=O) groups is 1. The molecule has 1 atom stereocenters. The third-order valence-electron chi connectivity index (χ3n) is 5.11. The number of halogens is 1. The lowest BCUT2D eigenvalue weighted by Gasteiger charge is -2.29. The van der Waals surface area contributed by atoms with Crippen LogP contribution in [0.3, 0.4) is 0 Å². The van der Waals surface area contributed by atoms with Crippen molar-refractivity contribution in [3.63, 3.8) is 0 Å². The molecule has 3 aliphatic rings. The van der Waals surface area contributed by atoms with Gasteiger partial charge < -0.3 is 9.74 Å². The molecule has 4 nitrogen and oxygen atoms in total. The van der Waals surface area contributed by atoms with Gasteiger partial charge in [0.05, 0.1) is 5.71 Å². The van der Waals surface area contributed by atoms with Gasteiger partial charge in [0.15, 0.2) is 0 Å². The molecule has 23 heavy (non-hydrogen) atoms. The molecule has 2 fully saturated rings. The highest BCUT2D eigenvalue weighted by molar-refractivity contribution is 6.04. The minimum Gasteiger partial charge on any atom is -0.382 e. The molecule has 1 amide bonds. The van der Waals surface area contributed by atoms with Crippen molar-refractivity contribution in [1.29, 1.82) is 0 Å². The lowest BCUT2D eigenvalue weighted by molar-refractivity contribution is -0.143. The van der Waals surface area contributed by atoms with E-state index in [4.69, 9.17) is 4.84 Å². The lowest BCUT2D eigenvalue weighted by Crippen LogP contribution is -2.45. The standard InChI is InChI=1S/C18H21FN2O2/c1-21(17(11-5-6-11)12-7-8-12)18(22)16-10-15(20-23-16)13-3-2-4-14(19)9-13/h2-4,9,11-12,16-17H,5-8,10H2,1H3. The number of hydrogen-bond acceptors (Lipinski definition) is 3. The van der Waals surface area contributed by atoms with Crippen LogP contribution in [0.5, 0.6) is 0 Å². The second-order valence-corrected chi connectivity index (χ2v) is 6.96. The summed E-state index contributed by atoms with van der Waals surface area (Å²) < 4.78 is 13.3. The van der Waals surface area contributed by atoms with E-state index in [9.17, 15) is 9.18 Å². The summed E-state index contributed by atoms with van der Waals surface area (Å²) in [6, 6.07) is 6.62. The molecular weight excluding hydrogens is 295 g/mol. The minimum absolute atomic E-state index is 0.00366. The summed E-state index contributed by atoms with van der Waals surface area (Å²) in [7, 11) is 1.90. The van der Waals surface area contributed by atoms with Crippen LogP contribution in [0.1, 0.15) is 37.7 Å². The van der Waals surface area contributed by atoms with E-state index in [-0.39, 0.29) is 11.7 Å². The molecule has 2 aliphatic carbocycles. The van der Waals surface area contributed by atoms with Gasteiger partial charge in [-0.2, -0.15) is 0 Å². The van der Waals surface area contributed by atoms with Crippen LogP contribution in [-0.4, -0.2) is 35.7 Å². The maximum absolute atomic E-state index is 13.3. The summed E-state index contributed by atoms with van der Waals surface area (Å²) >= 11 is 0. The second-order valence-electron chi connectivity index (χ2n) is 6.96. The molecule has 1 heterocycles. The lowest BCUT2D eigenvalue weighted by atomic mass is 10.0. The monoisotopic (exact) mass is 316 g/mol. The number of carbonyl (C=O) groups excluding carboxylic acids is 1. The molecule has 0 N–H and O–H groups in total. The Bertz CT molecular complexity index is 640. The highest BCUT2D eigenvalue weighted by Crippen LogP contribution is 2.47. The molecular formula is C18H21FN2O2. The van der Waals surface area contributed by atoms with E-state index in [1.165, 1.54) is 37.8 Å². The summed E-state index contributed by atoms with van der Waals surface area (Å²) in [4.78, 5) is 20.0. The first kappa shape index (κ1) is 14.7. The molecule has 1 unspecified atom stereocenters.